The van der Waals surface area contributed by atoms with Crippen LogP contribution in [0.3, 0.4) is 0 Å². The van der Waals surface area contributed by atoms with Crippen LogP contribution in [0.5, 0.6) is 0 Å². The van der Waals surface area contributed by atoms with Crippen LogP contribution in [0.2, 0.25) is 0 Å². The van der Waals surface area contributed by atoms with Gasteiger partial charge in [0.1, 0.15) is 6.04 Å². The first-order chi connectivity index (χ1) is 7.06. The van der Waals surface area contributed by atoms with Gasteiger partial charge in [0, 0.05) is 12.7 Å². The molecule has 1 aromatic rings. The van der Waals surface area contributed by atoms with E-state index in [0.717, 1.165) is 11.3 Å². The zero-order valence-corrected chi connectivity index (χ0v) is 8.97. The average molecular weight is 208 g/mol. The number of anilines is 1. The number of rotatable bonds is 3. The molecule has 1 amide bonds. The van der Waals surface area contributed by atoms with Gasteiger partial charge in [-0.15, -0.1) is 0 Å². The minimum Gasteiger partial charge on any atom is -0.394 e. The Bertz CT molecular complexity index is 352. The van der Waals surface area contributed by atoms with Gasteiger partial charge < -0.3 is 15.7 Å². The number of amides is 1. The summed E-state index contributed by atoms with van der Waals surface area (Å²) in [6.45, 7) is 1.61. The highest BCUT2D eigenvalue weighted by atomic mass is 16.3. The first-order valence-corrected chi connectivity index (χ1v) is 4.77. The van der Waals surface area contributed by atoms with Crippen LogP contribution in [0.1, 0.15) is 5.56 Å². The molecule has 0 saturated carbocycles. The Hall–Kier alpha value is -1.39. The third kappa shape index (κ3) is 2.78. The van der Waals surface area contributed by atoms with Crippen LogP contribution >= 0.6 is 0 Å². The van der Waals surface area contributed by atoms with Gasteiger partial charge in [-0.05, 0) is 24.6 Å². The number of benzene rings is 1. The first-order valence-electron chi connectivity index (χ1n) is 4.77. The normalized spacial score (nSPS) is 12.3. The Labute approximate surface area is 89.3 Å². The van der Waals surface area contributed by atoms with Crippen molar-refractivity contribution in [2.24, 2.45) is 5.73 Å². The molecule has 82 valence electrons. The molecule has 15 heavy (non-hydrogen) atoms. The van der Waals surface area contributed by atoms with Crippen molar-refractivity contribution in [3.8, 4) is 0 Å². The van der Waals surface area contributed by atoms with E-state index in [1.165, 1.54) is 4.90 Å². The van der Waals surface area contributed by atoms with Crippen LogP contribution in [0.25, 0.3) is 0 Å². The lowest BCUT2D eigenvalue weighted by molar-refractivity contribution is -0.120. The maximum Gasteiger partial charge on any atom is 0.246 e. The molecule has 0 aliphatic heterocycles. The molecule has 3 N–H and O–H groups in total. The van der Waals surface area contributed by atoms with Gasteiger partial charge in [-0.1, -0.05) is 12.1 Å². The molecule has 0 heterocycles. The minimum atomic E-state index is -0.851. The third-order valence-electron chi connectivity index (χ3n) is 2.23. The second-order valence-electron chi connectivity index (χ2n) is 3.53. The van der Waals surface area contributed by atoms with E-state index >= 15 is 0 Å². The molecule has 0 fully saturated rings. The standard InChI is InChI=1S/C11H16N2O2/c1-8-4-3-5-9(6-8)13(2)11(15)10(12)7-14/h3-6,10,14H,7,12H2,1-2H3. The fourth-order valence-electron chi connectivity index (χ4n) is 1.29. The van der Waals surface area contributed by atoms with E-state index in [1.54, 1.807) is 7.05 Å². The second kappa shape index (κ2) is 4.91. The Kier molecular flexibility index (Phi) is 3.82. The maximum absolute atomic E-state index is 11.6. The molecule has 4 heteroatoms. The highest BCUT2D eigenvalue weighted by molar-refractivity contribution is 5.96. The summed E-state index contributed by atoms with van der Waals surface area (Å²) in [4.78, 5) is 13.1. The van der Waals surface area contributed by atoms with Crippen molar-refractivity contribution >= 4 is 11.6 Å². The topological polar surface area (TPSA) is 66.6 Å². The fraction of sp³-hybridized carbons (Fsp3) is 0.364. The molecule has 1 aromatic carbocycles. The summed E-state index contributed by atoms with van der Waals surface area (Å²) in [5, 5.41) is 8.78. The van der Waals surface area contributed by atoms with Crippen LogP contribution in [0.15, 0.2) is 24.3 Å². The zero-order valence-electron chi connectivity index (χ0n) is 8.97. The number of aliphatic hydroxyl groups is 1. The van der Waals surface area contributed by atoms with Gasteiger partial charge in [0.2, 0.25) is 5.91 Å². The van der Waals surface area contributed by atoms with Crippen LogP contribution in [0.4, 0.5) is 5.69 Å². The SMILES string of the molecule is Cc1cccc(N(C)C(=O)C(N)CO)c1. The molecule has 0 aliphatic carbocycles. The third-order valence-corrected chi connectivity index (χ3v) is 2.23. The molecule has 4 nitrogen and oxygen atoms in total. The smallest absolute Gasteiger partial charge is 0.246 e. The van der Waals surface area contributed by atoms with Gasteiger partial charge in [0.15, 0.2) is 0 Å². The van der Waals surface area contributed by atoms with E-state index in [9.17, 15) is 4.79 Å². The summed E-state index contributed by atoms with van der Waals surface area (Å²) >= 11 is 0. The van der Waals surface area contributed by atoms with Gasteiger partial charge in [-0.2, -0.15) is 0 Å². The predicted molar refractivity (Wildman–Crippen MR) is 59.7 cm³/mol. The van der Waals surface area contributed by atoms with Gasteiger partial charge >= 0.3 is 0 Å². The molecule has 0 saturated heterocycles. The van der Waals surface area contributed by atoms with Crippen molar-refractivity contribution in [3.63, 3.8) is 0 Å². The number of hydrogen-bond acceptors (Lipinski definition) is 3. The van der Waals surface area contributed by atoms with E-state index in [-0.39, 0.29) is 12.5 Å². The molecular weight excluding hydrogens is 192 g/mol. The molecule has 0 spiro atoms. The predicted octanol–water partition coefficient (Wildman–Crippen LogP) is 0.277. The molecule has 0 bridgehead atoms. The number of aryl methyl sites for hydroxylation is 1. The van der Waals surface area contributed by atoms with Crippen molar-refractivity contribution in [1.82, 2.24) is 0 Å². The summed E-state index contributed by atoms with van der Waals surface area (Å²) in [6, 6.07) is 6.69. The monoisotopic (exact) mass is 208 g/mol. The van der Waals surface area contributed by atoms with Gasteiger partial charge in [0.25, 0.3) is 0 Å². The number of likely N-dealkylation sites (N-methyl/N-ethyl adjacent to an activating group) is 1. The quantitative estimate of drug-likeness (QED) is 0.749. The largest absolute Gasteiger partial charge is 0.394 e. The number of carbonyl (C=O) groups excluding carboxylic acids is 1. The number of nitrogens with zero attached hydrogens (tertiary/aromatic N) is 1. The number of aliphatic hydroxyl groups excluding tert-OH is 1. The van der Waals surface area contributed by atoms with E-state index in [4.69, 9.17) is 10.8 Å². The van der Waals surface area contributed by atoms with Gasteiger partial charge in [-0.3, -0.25) is 4.79 Å². The summed E-state index contributed by atoms with van der Waals surface area (Å²) in [5.74, 6) is -0.289. The summed E-state index contributed by atoms with van der Waals surface area (Å²) in [5.41, 5.74) is 7.31. The number of hydrogen-bond donors (Lipinski definition) is 2. The van der Waals surface area contributed by atoms with Crippen molar-refractivity contribution in [3.05, 3.63) is 29.8 Å². The van der Waals surface area contributed by atoms with Crippen LogP contribution in [0, 0.1) is 6.92 Å². The summed E-state index contributed by atoms with van der Waals surface area (Å²) in [7, 11) is 1.65. The highest BCUT2D eigenvalue weighted by Gasteiger charge is 2.17. The van der Waals surface area contributed by atoms with Crippen LogP contribution < -0.4 is 10.6 Å². The fourth-order valence-corrected chi connectivity index (χ4v) is 1.29. The molecule has 1 rings (SSSR count). The molecule has 0 radical (unpaired) electrons. The van der Waals surface area contributed by atoms with E-state index in [2.05, 4.69) is 0 Å². The molecule has 1 unspecified atom stereocenters. The maximum atomic E-state index is 11.6. The van der Waals surface area contributed by atoms with Crippen molar-refractivity contribution in [2.75, 3.05) is 18.6 Å². The van der Waals surface area contributed by atoms with E-state index < -0.39 is 6.04 Å². The molecular formula is C11H16N2O2. The minimum absolute atomic E-state index is 0.289. The van der Waals surface area contributed by atoms with Crippen molar-refractivity contribution < 1.29 is 9.90 Å². The second-order valence-corrected chi connectivity index (χ2v) is 3.53. The molecule has 1 atom stereocenters. The first kappa shape index (κ1) is 11.7. The Morgan fingerprint density at radius 2 is 2.27 bits per heavy atom. The van der Waals surface area contributed by atoms with Gasteiger partial charge in [-0.25, -0.2) is 0 Å². The van der Waals surface area contributed by atoms with E-state index in [0.29, 0.717) is 0 Å². The summed E-state index contributed by atoms with van der Waals surface area (Å²) < 4.78 is 0. The summed E-state index contributed by atoms with van der Waals surface area (Å²) in [6.07, 6.45) is 0. The Morgan fingerprint density at radius 3 is 2.80 bits per heavy atom. The van der Waals surface area contributed by atoms with Crippen LogP contribution in [-0.4, -0.2) is 30.7 Å². The van der Waals surface area contributed by atoms with Crippen molar-refractivity contribution in [1.29, 1.82) is 0 Å². The zero-order chi connectivity index (χ0) is 11.4. The lowest BCUT2D eigenvalue weighted by Crippen LogP contribution is -2.44. The van der Waals surface area contributed by atoms with Gasteiger partial charge in [0.05, 0.1) is 6.61 Å². The van der Waals surface area contributed by atoms with Crippen molar-refractivity contribution in [2.45, 2.75) is 13.0 Å². The van der Waals surface area contributed by atoms with E-state index in [1.807, 2.05) is 31.2 Å². The molecule has 0 aliphatic rings. The molecule has 0 aromatic heterocycles. The Balaban J connectivity index is 2.85. The lowest BCUT2D eigenvalue weighted by Gasteiger charge is -2.20. The number of carbonyl (C=O) groups is 1. The highest BCUT2D eigenvalue weighted by Crippen LogP contribution is 2.14. The lowest BCUT2D eigenvalue weighted by atomic mass is 10.2. The Morgan fingerprint density at radius 1 is 1.60 bits per heavy atom. The average Bonchev–Trinajstić information content (AvgIpc) is 2.26. The number of nitrogens with two attached hydrogens (primary N) is 1. The van der Waals surface area contributed by atoms with Crippen LogP contribution in [-0.2, 0) is 4.79 Å².